The van der Waals surface area contributed by atoms with Crippen LogP contribution in [0.3, 0.4) is 0 Å². The van der Waals surface area contributed by atoms with Gasteiger partial charge in [0, 0.05) is 31.2 Å². The average molecular weight is 831 g/mol. The lowest BCUT2D eigenvalue weighted by atomic mass is 10.0. The highest BCUT2D eigenvalue weighted by Gasteiger charge is 2.43. The number of hydrogen-bond acceptors (Lipinski definition) is 9. The fourth-order valence-corrected chi connectivity index (χ4v) is 8.43. The van der Waals surface area contributed by atoms with Crippen LogP contribution in [0, 0.1) is 17.8 Å². The van der Waals surface area contributed by atoms with Crippen molar-refractivity contribution in [2.75, 3.05) is 34.5 Å². The summed E-state index contributed by atoms with van der Waals surface area (Å²) >= 11 is 6.75. The Morgan fingerprint density at radius 2 is 1.34 bits per heavy atom. The van der Waals surface area contributed by atoms with Crippen LogP contribution in [0.4, 0.5) is 9.59 Å². The zero-order valence-electron chi connectivity index (χ0n) is 34.9. The van der Waals surface area contributed by atoms with E-state index in [9.17, 15) is 19.2 Å². The van der Waals surface area contributed by atoms with Crippen LogP contribution in [-0.4, -0.2) is 106 Å². The van der Waals surface area contributed by atoms with E-state index in [0.29, 0.717) is 42.1 Å². The minimum atomic E-state index is -0.777. The summed E-state index contributed by atoms with van der Waals surface area (Å²) in [6.07, 6.45) is 2.69. The van der Waals surface area contributed by atoms with Crippen molar-refractivity contribution in [1.29, 1.82) is 0 Å². The number of amides is 4. The Balaban J connectivity index is 1.16. The van der Waals surface area contributed by atoms with E-state index in [0.717, 1.165) is 40.8 Å². The van der Waals surface area contributed by atoms with Gasteiger partial charge < -0.3 is 44.6 Å². The lowest BCUT2D eigenvalue weighted by Crippen LogP contribution is -2.52. The molecule has 4 N–H and O–H groups in total. The molecule has 2 aliphatic rings. The normalized spacial score (nSPS) is 20.2. The molecule has 2 aliphatic heterocycles. The third-order valence-electron chi connectivity index (χ3n) is 11.4. The highest BCUT2D eigenvalue weighted by molar-refractivity contribution is 6.31. The molecule has 0 radical (unpaired) electrons. The molecule has 1 unspecified atom stereocenters. The Labute approximate surface area is 349 Å². The number of benzene rings is 2. The second-order valence-corrected chi connectivity index (χ2v) is 16.4. The fraction of sp³-hybridized carbons (Fsp3) is 0.488. The van der Waals surface area contributed by atoms with Crippen LogP contribution >= 0.6 is 11.6 Å². The molecule has 2 aromatic heterocycles. The highest BCUT2D eigenvalue weighted by Crippen LogP contribution is 2.39. The number of likely N-dealkylation sites (tertiary alicyclic amines) is 2. The van der Waals surface area contributed by atoms with Crippen molar-refractivity contribution >= 4 is 35.6 Å². The van der Waals surface area contributed by atoms with Crippen molar-refractivity contribution in [3.63, 3.8) is 0 Å². The Bertz CT molecular complexity index is 2100. The van der Waals surface area contributed by atoms with E-state index >= 15 is 0 Å². The number of imidazole rings is 2. The van der Waals surface area contributed by atoms with Gasteiger partial charge in [0.05, 0.1) is 50.5 Å². The van der Waals surface area contributed by atoms with Gasteiger partial charge in [-0.05, 0) is 54.7 Å². The minimum Gasteiger partial charge on any atom is -0.453 e. The molecule has 2 fully saturated rings. The number of H-pyrrole nitrogens is 2. The molecule has 16 heteroatoms. The van der Waals surface area contributed by atoms with E-state index in [-0.39, 0.29) is 41.7 Å². The van der Waals surface area contributed by atoms with Crippen molar-refractivity contribution in [3.8, 4) is 33.6 Å². The van der Waals surface area contributed by atoms with E-state index in [1.54, 1.807) is 18.2 Å². The zero-order valence-corrected chi connectivity index (χ0v) is 35.6. The number of halogens is 1. The topological polar surface area (TPSA) is 184 Å². The number of ether oxygens (including phenoxy) is 3. The van der Waals surface area contributed by atoms with E-state index in [2.05, 4.69) is 25.6 Å². The molecule has 6 atom stereocenters. The summed E-state index contributed by atoms with van der Waals surface area (Å²) in [5, 5.41) is 5.70. The molecule has 59 heavy (non-hydrogen) atoms. The standard InChI is InChI=1S/C43H55ClN8O7/c1-23(2)34(48-42(55)58-7)40(53)51-21-26(22-57-6)19-33(51)39-47-36(37(44)50-39)30-16-12-28(13-17-30)27-10-14-29(15-11-27)31-20-45-38(46-31)32-18-9-25(5)52(32)41(54)35(24(3)4)49-43(56)59-8/h10-17,20,23-26,32-35H,9,18-19,21-22H2,1-8H3,(H,45,46)(H,47,50)(H,48,55)(H,49,56)/t25-,26-,32-,33-,34-,35?/m0/s1. The van der Waals surface area contributed by atoms with E-state index in [1.165, 1.54) is 14.2 Å². The Morgan fingerprint density at radius 1 is 0.780 bits per heavy atom. The van der Waals surface area contributed by atoms with Crippen LogP contribution in [0.15, 0.2) is 54.7 Å². The fourth-order valence-electron chi connectivity index (χ4n) is 8.19. The molecule has 316 valence electrons. The lowest BCUT2D eigenvalue weighted by molar-refractivity contribution is -0.137. The molecule has 0 saturated carbocycles. The van der Waals surface area contributed by atoms with Crippen LogP contribution in [0.25, 0.3) is 33.6 Å². The maximum atomic E-state index is 13.9. The summed E-state index contributed by atoms with van der Waals surface area (Å²) in [6, 6.07) is 14.0. The summed E-state index contributed by atoms with van der Waals surface area (Å²) in [5.41, 5.74) is 5.28. The predicted octanol–water partition coefficient (Wildman–Crippen LogP) is 7.14. The first-order valence-corrected chi connectivity index (χ1v) is 20.4. The Kier molecular flexibility index (Phi) is 13.7. The van der Waals surface area contributed by atoms with Crippen LogP contribution in [0.1, 0.15) is 77.6 Å². The van der Waals surface area contributed by atoms with Crippen LogP contribution < -0.4 is 10.6 Å². The number of alkyl carbamates (subject to hydrolysis) is 2. The van der Waals surface area contributed by atoms with Gasteiger partial charge in [0.2, 0.25) is 11.8 Å². The summed E-state index contributed by atoms with van der Waals surface area (Å²) in [7, 11) is 4.20. The molecule has 15 nitrogen and oxygen atoms in total. The first-order valence-electron chi connectivity index (χ1n) is 20.1. The van der Waals surface area contributed by atoms with Crippen LogP contribution in [0.5, 0.6) is 0 Å². The number of hydrogen-bond donors (Lipinski definition) is 4. The summed E-state index contributed by atoms with van der Waals surface area (Å²) in [4.78, 5) is 71.6. The van der Waals surface area contributed by atoms with Gasteiger partial charge in [0.15, 0.2) is 5.15 Å². The van der Waals surface area contributed by atoms with Gasteiger partial charge >= 0.3 is 12.2 Å². The van der Waals surface area contributed by atoms with Gasteiger partial charge in [0.25, 0.3) is 0 Å². The van der Waals surface area contributed by atoms with E-state index in [1.807, 2.05) is 88.0 Å². The molecule has 4 amide bonds. The number of nitrogens with one attached hydrogen (secondary N) is 4. The number of carbonyl (C=O) groups excluding carboxylic acids is 4. The third kappa shape index (κ3) is 9.41. The summed E-state index contributed by atoms with van der Waals surface area (Å²) in [5.74, 6) is 0.667. The molecule has 2 aromatic carbocycles. The molecular weight excluding hydrogens is 776 g/mol. The van der Waals surface area contributed by atoms with E-state index in [4.69, 9.17) is 30.8 Å². The van der Waals surface area contributed by atoms with Crippen LogP contribution in [-0.2, 0) is 23.8 Å². The Morgan fingerprint density at radius 3 is 1.90 bits per heavy atom. The number of rotatable bonds is 13. The van der Waals surface area contributed by atoms with Crippen molar-refractivity contribution in [1.82, 2.24) is 40.4 Å². The second kappa shape index (κ2) is 18.7. The summed E-state index contributed by atoms with van der Waals surface area (Å²) in [6.45, 7) is 10.5. The van der Waals surface area contributed by atoms with Gasteiger partial charge in [-0.15, -0.1) is 0 Å². The zero-order chi connectivity index (χ0) is 42.5. The average Bonchev–Trinajstić information content (AvgIpc) is 4.04. The molecular formula is C43H55ClN8O7. The maximum Gasteiger partial charge on any atom is 0.407 e. The molecule has 0 aliphatic carbocycles. The number of nitrogens with zero attached hydrogens (tertiary/aromatic N) is 4. The first-order chi connectivity index (χ1) is 28.2. The largest absolute Gasteiger partial charge is 0.453 e. The molecule has 0 spiro atoms. The van der Waals surface area contributed by atoms with Crippen molar-refractivity contribution < 1.29 is 33.4 Å². The molecule has 6 rings (SSSR count). The lowest BCUT2D eigenvalue weighted by Gasteiger charge is -2.32. The minimum absolute atomic E-state index is 0.0122. The number of carbonyl (C=O) groups is 4. The number of aromatic nitrogens is 4. The number of methoxy groups -OCH3 is 3. The Hall–Kier alpha value is -5.41. The molecule has 4 heterocycles. The SMILES string of the molecule is COC[C@H]1C[C@@H](c2nc(Cl)c(-c3ccc(-c4ccc(-c5cnc([C@@H]6CC[C@H](C)N6C(=O)C(NC(=O)OC)C(C)C)[nH]5)cc4)cc3)[nH]2)N(C(=O)[C@@H](NC(=O)OC)C(C)C)C1. The van der Waals surface area contributed by atoms with Gasteiger partial charge in [-0.25, -0.2) is 19.6 Å². The smallest absolute Gasteiger partial charge is 0.407 e. The second-order valence-electron chi connectivity index (χ2n) is 16.1. The molecule has 4 aromatic rings. The quantitative estimate of drug-likeness (QED) is 0.109. The van der Waals surface area contributed by atoms with Crippen molar-refractivity contribution in [3.05, 3.63) is 71.5 Å². The maximum absolute atomic E-state index is 13.9. The number of aromatic amines is 2. The van der Waals surface area contributed by atoms with Crippen molar-refractivity contribution in [2.45, 2.75) is 84.1 Å². The predicted molar refractivity (Wildman–Crippen MR) is 223 cm³/mol. The van der Waals surface area contributed by atoms with Crippen LogP contribution in [0.2, 0.25) is 5.15 Å². The monoisotopic (exact) mass is 830 g/mol. The van der Waals surface area contributed by atoms with E-state index < -0.39 is 30.3 Å². The molecule has 2 saturated heterocycles. The highest BCUT2D eigenvalue weighted by atomic mass is 35.5. The van der Waals surface area contributed by atoms with Crippen molar-refractivity contribution in [2.24, 2.45) is 17.8 Å². The van der Waals surface area contributed by atoms with Gasteiger partial charge in [0.1, 0.15) is 23.7 Å². The van der Waals surface area contributed by atoms with Gasteiger partial charge in [-0.2, -0.15) is 0 Å². The first kappa shape index (κ1) is 43.2. The van der Waals surface area contributed by atoms with Gasteiger partial charge in [-0.3, -0.25) is 9.59 Å². The third-order valence-corrected chi connectivity index (χ3v) is 11.7. The van der Waals surface area contributed by atoms with Gasteiger partial charge in [-0.1, -0.05) is 87.8 Å². The molecule has 0 bridgehead atoms. The summed E-state index contributed by atoms with van der Waals surface area (Å²) < 4.78 is 15.0.